The van der Waals surface area contributed by atoms with Crippen LogP contribution in [0, 0.1) is 12.3 Å². The minimum Gasteiger partial charge on any atom is -0.435 e. The van der Waals surface area contributed by atoms with Crippen LogP contribution in [0.1, 0.15) is 36.5 Å². The van der Waals surface area contributed by atoms with Crippen LogP contribution >= 0.6 is 0 Å². The lowest BCUT2D eigenvalue weighted by Gasteiger charge is -2.42. The molecule has 1 unspecified atom stereocenters. The fourth-order valence-corrected chi connectivity index (χ4v) is 3.24. The van der Waals surface area contributed by atoms with Crippen LogP contribution in [0.3, 0.4) is 0 Å². The van der Waals surface area contributed by atoms with Gasteiger partial charge < -0.3 is 15.4 Å². The van der Waals surface area contributed by atoms with Crippen molar-refractivity contribution in [1.82, 2.24) is 19.9 Å². The van der Waals surface area contributed by atoms with Gasteiger partial charge in [-0.05, 0) is 43.0 Å². The van der Waals surface area contributed by atoms with E-state index in [2.05, 4.69) is 15.0 Å². The fraction of sp³-hybridized carbons (Fsp3) is 0.500. The smallest absolute Gasteiger partial charge is 0.387 e. The Kier molecular flexibility index (Phi) is 5.14. The molecule has 0 spiro atoms. The summed E-state index contributed by atoms with van der Waals surface area (Å²) < 4.78 is 30.3. The molecule has 3 rings (SSSR count). The van der Waals surface area contributed by atoms with Gasteiger partial charge in [0.05, 0.1) is 11.4 Å². The molecule has 2 aromatic rings. The summed E-state index contributed by atoms with van der Waals surface area (Å²) >= 11 is 0. The number of rotatable bonds is 4. The molecule has 1 aromatic carbocycles. The summed E-state index contributed by atoms with van der Waals surface area (Å²) in [7, 11) is 0. The van der Waals surface area contributed by atoms with Crippen molar-refractivity contribution >= 4 is 5.91 Å². The Labute approximate surface area is 156 Å². The van der Waals surface area contributed by atoms with Crippen molar-refractivity contribution in [2.24, 2.45) is 11.1 Å². The van der Waals surface area contributed by atoms with Crippen molar-refractivity contribution in [3.05, 3.63) is 35.7 Å². The van der Waals surface area contributed by atoms with Gasteiger partial charge in [-0.3, -0.25) is 4.79 Å². The van der Waals surface area contributed by atoms with Gasteiger partial charge >= 0.3 is 6.61 Å². The second kappa shape index (κ2) is 7.22. The van der Waals surface area contributed by atoms with Crippen molar-refractivity contribution in [2.45, 2.75) is 39.8 Å². The third-order valence-corrected chi connectivity index (χ3v) is 5.00. The van der Waals surface area contributed by atoms with Gasteiger partial charge in [-0.15, -0.1) is 5.10 Å². The summed E-state index contributed by atoms with van der Waals surface area (Å²) in [6, 6.07) is 6.04. The van der Waals surface area contributed by atoms with E-state index in [9.17, 15) is 13.6 Å². The molecule has 0 radical (unpaired) electrons. The molecule has 27 heavy (non-hydrogen) atoms. The number of hydrogen-bond donors (Lipinski definition) is 1. The maximum atomic E-state index is 12.9. The molecular weight excluding hydrogens is 356 g/mol. The van der Waals surface area contributed by atoms with Crippen LogP contribution in [0.5, 0.6) is 5.75 Å². The zero-order chi connectivity index (χ0) is 19.8. The molecule has 146 valence electrons. The molecule has 1 aliphatic rings. The SMILES string of the molecule is Cc1c(C(=O)N2CCC(N)C(C)(C)C2)nnn1-c1ccc(OC(F)F)cc1. The number of carbonyl (C=O) groups is 1. The summed E-state index contributed by atoms with van der Waals surface area (Å²) in [5.41, 5.74) is 7.42. The average molecular weight is 379 g/mol. The van der Waals surface area contributed by atoms with Crippen LogP contribution in [-0.2, 0) is 0 Å². The molecule has 1 amide bonds. The lowest BCUT2D eigenvalue weighted by Crippen LogP contribution is -2.54. The number of piperidine rings is 1. The summed E-state index contributed by atoms with van der Waals surface area (Å²) in [4.78, 5) is 14.7. The standard InChI is InChI=1S/C18H23F2N5O2/c1-11-15(16(26)24-9-8-14(21)18(2,3)10-24)22-23-25(11)12-4-6-13(7-5-12)27-17(19)20/h4-7,14,17H,8-10,21H2,1-3H3. The number of nitrogens with zero attached hydrogens (tertiary/aromatic N) is 4. The molecule has 0 saturated carbocycles. The van der Waals surface area contributed by atoms with Gasteiger partial charge in [-0.25, -0.2) is 4.68 Å². The number of aromatic nitrogens is 3. The van der Waals surface area contributed by atoms with E-state index >= 15 is 0 Å². The average Bonchev–Trinajstić information content (AvgIpc) is 2.98. The first kappa shape index (κ1) is 19.2. The second-order valence-corrected chi connectivity index (χ2v) is 7.42. The van der Waals surface area contributed by atoms with Crippen LogP contribution < -0.4 is 10.5 Å². The number of benzene rings is 1. The quantitative estimate of drug-likeness (QED) is 0.881. The normalized spacial score (nSPS) is 19.4. The van der Waals surface area contributed by atoms with Crippen LogP contribution in [0.25, 0.3) is 5.69 Å². The van der Waals surface area contributed by atoms with E-state index in [-0.39, 0.29) is 28.8 Å². The minimum atomic E-state index is -2.88. The first-order chi connectivity index (χ1) is 12.7. The van der Waals surface area contributed by atoms with Crippen LogP contribution in [0.4, 0.5) is 8.78 Å². The number of halogens is 2. The third-order valence-electron chi connectivity index (χ3n) is 5.00. The Hall–Kier alpha value is -2.55. The molecule has 2 heterocycles. The Morgan fingerprint density at radius 1 is 1.33 bits per heavy atom. The summed E-state index contributed by atoms with van der Waals surface area (Å²) in [5.74, 6) is -0.133. The van der Waals surface area contributed by atoms with Crippen molar-refractivity contribution in [2.75, 3.05) is 13.1 Å². The molecular formula is C18H23F2N5O2. The number of amides is 1. The van der Waals surface area contributed by atoms with Crippen molar-refractivity contribution in [3.8, 4) is 11.4 Å². The molecule has 1 fully saturated rings. The van der Waals surface area contributed by atoms with Gasteiger partial charge in [0.15, 0.2) is 5.69 Å². The van der Waals surface area contributed by atoms with E-state index in [1.807, 2.05) is 13.8 Å². The predicted octanol–water partition coefficient (Wildman–Crippen LogP) is 2.38. The van der Waals surface area contributed by atoms with Crippen molar-refractivity contribution in [3.63, 3.8) is 0 Å². The van der Waals surface area contributed by atoms with E-state index in [0.29, 0.717) is 24.5 Å². The third kappa shape index (κ3) is 3.92. The van der Waals surface area contributed by atoms with E-state index in [4.69, 9.17) is 5.73 Å². The molecule has 1 atom stereocenters. The van der Waals surface area contributed by atoms with Gasteiger partial charge in [-0.1, -0.05) is 19.1 Å². The zero-order valence-electron chi connectivity index (χ0n) is 15.5. The van der Waals surface area contributed by atoms with Crippen LogP contribution in [0.2, 0.25) is 0 Å². The number of nitrogens with two attached hydrogens (primary N) is 1. The molecule has 1 aromatic heterocycles. The van der Waals surface area contributed by atoms with Gasteiger partial charge in [-0.2, -0.15) is 8.78 Å². The lowest BCUT2D eigenvalue weighted by molar-refractivity contribution is -0.0498. The largest absolute Gasteiger partial charge is 0.435 e. The molecule has 0 bridgehead atoms. The number of hydrogen-bond acceptors (Lipinski definition) is 5. The van der Waals surface area contributed by atoms with Gasteiger partial charge in [0.2, 0.25) is 0 Å². The van der Waals surface area contributed by atoms with Gasteiger partial charge in [0.25, 0.3) is 5.91 Å². The number of ether oxygens (including phenoxy) is 1. The Balaban J connectivity index is 1.80. The number of alkyl halides is 2. The summed E-state index contributed by atoms with van der Waals surface area (Å²) in [6.07, 6.45) is 0.734. The monoisotopic (exact) mass is 379 g/mol. The van der Waals surface area contributed by atoms with Gasteiger partial charge in [0, 0.05) is 19.1 Å². The highest BCUT2D eigenvalue weighted by atomic mass is 19.3. The Morgan fingerprint density at radius 2 is 2.00 bits per heavy atom. The highest BCUT2D eigenvalue weighted by Crippen LogP contribution is 2.29. The van der Waals surface area contributed by atoms with E-state index in [1.165, 1.54) is 16.8 Å². The highest BCUT2D eigenvalue weighted by molar-refractivity contribution is 5.93. The predicted molar refractivity (Wildman–Crippen MR) is 95.0 cm³/mol. The van der Waals surface area contributed by atoms with Crippen LogP contribution in [0.15, 0.2) is 24.3 Å². The lowest BCUT2D eigenvalue weighted by atomic mass is 9.79. The number of carbonyl (C=O) groups excluding carboxylic acids is 1. The molecule has 0 aliphatic carbocycles. The molecule has 2 N–H and O–H groups in total. The summed E-state index contributed by atoms with van der Waals surface area (Å²) in [6.45, 7) is 4.09. The molecule has 1 saturated heterocycles. The number of likely N-dealkylation sites (tertiary alicyclic amines) is 1. The maximum Gasteiger partial charge on any atom is 0.387 e. The Bertz CT molecular complexity index is 820. The van der Waals surface area contributed by atoms with Crippen LogP contribution in [-0.4, -0.2) is 51.5 Å². The molecule has 9 heteroatoms. The summed E-state index contributed by atoms with van der Waals surface area (Å²) in [5, 5.41) is 8.09. The highest BCUT2D eigenvalue weighted by Gasteiger charge is 2.36. The fourth-order valence-electron chi connectivity index (χ4n) is 3.24. The molecule has 7 nitrogen and oxygen atoms in total. The van der Waals surface area contributed by atoms with Crippen molar-refractivity contribution in [1.29, 1.82) is 0 Å². The topological polar surface area (TPSA) is 86.3 Å². The second-order valence-electron chi connectivity index (χ2n) is 7.42. The van der Waals surface area contributed by atoms with E-state index < -0.39 is 6.61 Å². The maximum absolute atomic E-state index is 12.9. The molecule has 1 aliphatic heterocycles. The first-order valence-corrected chi connectivity index (χ1v) is 8.71. The first-order valence-electron chi connectivity index (χ1n) is 8.71. The Morgan fingerprint density at radius 3 is 2.59 bits per heavy atom. The zero-order valence-corrected chi connectivity index (χ0v) is 15.5. The van der Waals surface area contributed by atoms with Crippen molar-refractivity contribution < 1.29 is 18.3 Å². The minimum absolute atomic E-state index is 0.0484. The van der Waals surface area contributed by atoms with E-state index in [1.54, 1.807) is 24.0 Å². The van der Waals surface area contributed by atoms with Gasteiger partial charge in [0.1, 0.15) is 5.75 Å². The van der Waals surface area contributed by atoms with E-state index in [0.717, 1.165) is 6.42 Å².